The first kappa shape index (κ1) is 7.88. The van der Waals surface area contributed by atoms with Crippen LogP contribution in [0.4, 0.5) is 0 Å². The van der Waals surface area contributed by atoms with Crippen molar-refractivity contribution >= 4 is 0 Å². The van der Waals surface area contributed by atoms with Crippen LogP contribution in [0.15, 0.2) is 0 Å². The fraction of sp³-hybridized carbons (Fsp3) is 1.00. The van der Waals surface area contributed by atoms with E-state index >= 15 is 0 Å². The maximum atomic E-state index is 5.55. The van der Waals surface area contributed by atoms with Crippen molar-refractivity contribution in [1.82, 2.24) is 0 Å². The lowest BCUT2D eigenvalue weighted by atomic mass is 10.1. The van der Waals surface area contributed by atoms with Gasteiger partial charge in [-0.1, -0.05) is 13.8 Å². The molecule has 0 aromatic carbocycles. The molecule has 0 unspecified atom stereocenters. The Morgan fingerprint density at radius 3 is 1.75 bits per heavy atom. The SMILES string of the molecule is CCC(N)(CC)ON. The number of hydrogen-bond acceptors (Lipinski definition) is 3. The van der Waals surface area contributed by atoms with Gasteiger partial charge in [-0.05, 0) is 12.8 Å². The Kier molecular flexibility index (Phi) is 2.97. The van der Waals surface area contributed by atoms with Gasteiger partial charge in [-0.3, -0.25) is 4.84 Å². The predicted molar refractivity (Wildman–Crippen MR) is 32.8 cm³/mol. The fourth-order valence-electron chi connectivity index (χ4n) is 0.417. The van der Waals surface area contributed by atoms with Crippen molar-refractivity contribution in [3.8, 4) is 0 Å². The summed E-state index contributed by atoms with van der Waals surface area (Å²) in [5, 5.41) is 0. The van der Waals surface area contributed by atoms with Crippen LogP contribution in [-0.2, 0) is 4.84 Å². The summed E-state index contributed by atoms with van der Waals surface area (Å²) in [5.41, 5.74) is 4.95. The predicted octanol–water partition coefficient (Wildman–Crippen LogP) is 0.352. The molecule has 0 heterocycles. The van der Waals surface area contributed by atoms with Crippen LogP contribution in [0.5, 0.6) is 0 Å². The molecule has 50 valence electrons. The lowest BCUT2D eigenvalue weighted by molar-refractivity contribution is -0.0491. The Bertz CT molecular complexity index is 53.2. The van der Waals surface area contributed by atoms with Crippen molar-refractivity contribution in [3.05, 3.63) is 0 Å². The van der Waals surface area contributed by atoms with Crippen molar-refractivity contribution in [3.63, 3.8) is 0 Å². The quantitative estimate of drug-likeness (QED) is 0.415. The molecule has 0 aliphatic heterocycles. The van der Waals surface area contributed by atoms with E-state index in [0.717, 1.165) is 12.8 Å². The van der Waals surface area contributed by atoms with Gasteiger partial charge in [0.05, 0.1) is 0 Å². The molecule has 0 radical (unpaired) electrons. The minimum absolute atomic E-state index is 0.597. The zero-order chi connectivity index (χ0) is 6.62. The average Bonchev–Trinajstić information content (AvgIpc) is 1.87. The summed E-state index contributed by atoms with van der Waals surface area (Å²) in [4.78, 5) is 4.51. The van der Waals surface area contributed by atoms with E-state index in [1.54, 1.807) is 0 Å². The van der Waals surface area contributed by atoms with Gasteiger partial charge in [0.15, 0.2) is 0 Å². The Labute approximate surface area is 49.9 Å². The molecule has 0 bridgehead atoms. The third-order valence-electron chi connectivity index (χ3n) is 1.43. The number of nitrogens with two attached hydrogens (primary N) is 2. The van der Waals surface area contributed by atoms with E-state index in [1.807, 2.05) is 13.8 Å². The summed E-state index contributed by atoms with van der Waals surface area (Å²) in [6.07, 6.45) is 1.50. The number of rotatable bonds is 3. The van der Waals surface area contributed by atoms with Crippen LogP contribution in [0.1, 0.15) is 26.7 Å². The summed E-state index contributed by atoms with van der Waals surface area (Å²) < 4.78 is 0. The van der Waals surface area contributed by atoms with Gasteiger partial charge in [-0.25, -0.2) is 5.90 Å². The molecule has 8 heavy (non-hydrogen) atoms. The second-order valence-electron chi connectivity index (χ2n) is 1.89. The summed E-state index contributed by atoms with van der Waals surface area (Å²) in [6, 6.07) is 0. The number of hydrogen-bond donors (Lipinski definition) is 2. The van der Waals surface area contributed by atoms with E-state index in [9.17, 15) is 0 Å². The van der Waals surface area contributed by atoms with E-state index < -0.39 is 5.72 Å². The largest absolute Gasteiger partial charge is 0.302 e. The topological polar surface area (TPSA) is 61.3 Å². The van der Waals surface area contributed by atoms with Crippen LogP contribution in [0.3, 0.4) is 0 Å². The molecular weight excluding hydrogens is 104 g/mol. The third kappa shape index (κ3) is 1.78. The van der Waals surface area contributed by atoms with Gasteiger partial charge in [-0.15, -0.1) is 0 Å². The van der Waals surface area contributed by atoms with Crippen LogP contribution in [-0.4, -0.2) is 5.72 Å². The minimum atomic E-state index is -0.597. The maximum absolute atomic E-state index is 5.55. The van der Waals surface area contributed by atoms with Gasteiger partial charge in [0.2, 0.25) is 0 Å². The molecule has 0 rings (SSSR count). The molecule has 0 aromatic rings. The standard InChI is InChI=1S/C5H14N2O/c1-3-5(6,4-2)8-7/h3-4,6-7H2,1-2H3. The molecule has 0 atom stereocenters. The molecule has 4 N–H and O–H groups in total. The molecule has 0 aromatic heterocycles. The highest BCUT2D eigenvalue weighted by Crippen LogP contribution is 2.08. The van der Waals surface area contributed by atoms with Gasteiger partial charge in [0.25, 0.3) is 0 Å². The Balaban J connectivity index is 3.58. The monoisotopic (exact) mass is 118 g/mol. The fourth-order valence-corrected chi connectivity index (χ4v) is 0.417. The first-order valence-corrected chi connectivity index (χ1v) is 2.85. The molecule has 0 aliphatic rings. The smallest absolute Gasteiger partial charge is 0.136 e. The molecule has 0 fully saturated rings. The summed E-state index contributed by atoms with van der Waals surface area (Å²) in [7, 11) is 0. The second-order valence-corrected chi connectivity index (χ2v) is 1.89. The molecular formula is C5H14N2O. The van der Waals surface area contributed by atoms with Crippen molar-refractivity contribution in [2.24, 2.45) is 11.6 Å². The minimum Gasteiger partial charge on any atom is -0.302 e. The molecule has 3 nitrogen and oxygen atoms in total. The molecule has 0 saturated carbocycles. The summed E-state index contributed by atoms with van der Waals surface area (Å²) >= 11 is 0. The second kappa shape index (κ2) is 3.02. The van der Waals surface area contributed by atoms with E-state index in [-0.39, 0.29) is 0 Å². The normalized spacial score (nSPS) is 12.0. The van der Waals surface area contributed by atoms with Crippen LogP contribution in [0, 0.1) is 0 Å². The van der Waals surface area contributed by atoms with Gasteiger partial charge < -0.3 is 5.73 Å². The Hall–Kier alpha value is -0.120. The van der Waals surface area contributed by atoms with Crippen molar-refractivity contribution in [2.45, 2.75) is 32.4 Å². The van der Waals surface area contributed by atoms with Crippen molar-refractivity contribution in [2.75, 3.05) is 0 Å². The molecule has 3 heteroatoms. The molecule has 0 spiro atoms. The van der Waals surface area contributed by atoms with E-state index in [2.05, 4.69) is 4.84 Å². The summed E-state index contributed by atoms with van der Waals surface area (Å²) in [5.74, 6) is 4.90. The van der Waals surface area contributed by atoms with Crippen molar-refractivity contribution in [1.29, 1.82) is 0 Å². The van der Waals surface area contributed by atoms with Crippen LogP contribution >= 0.6 is 0 Å². The highest BCUT2D eigenvalue weighted by Gasteiger charge is 2.18. The highest BCUT2D eigenvalue weighted by atomic mass is 16.6. The maximum Gasteiger partial charge on any atom is 0.136 e. The summed E-state index contributed by atoms with van der Waals surface area (Å²) in [6.45, 7) is 3.88. The van der Waals surface area contributed by atoms with E-state index in [0.29, 0.717) is 0 Å². The van der Waals surface area contributed by atoms with Gasteiger partial charge in [-0.2, -0.15) is 0 Å². The average molecular weight is 118 g/mol. The van der Waals surface area contributed by atoms with E-state index in [1.165, 1.54) is 0 Å². The Morgan fingerprint density at radius 2 is 1.75 bits per heavy atom. The Morgan fingerprint density at radius 1 is 1.38 bits per heavy atom. The first-order valence-electron chi connectivity index (χ1n) is 2.85. The van der Waals surface area contributed by atoms with Crippen molar-refractivity contribution < 1.29 is 4.84 Å². The molecule has 0 saturated heterocycles. The lowest BCUT2D eigenvalue weighted by Crippen LogP contribution is -2.43. The van der Waals surface area contributed by atoms with Crippen LogP contribution < -0.4 is 11.6 Å². The van der Waals surface area contributed by atoms with E-state index in [4.69, 9.17) is 11.6 Å². The zero-order valence-electron chi connectivity index (χ0n) is 5.48. The highest BCUT2D eigenvalue weighted by molar-refractivity contribution is 4.66. The lowest BCUT2D eigenvalue weighted by Gasteiger charge is -2.22. The van der Waals surface area contributed by atoms with Gasteiger partial charge in [0, 0.05) is 0 Å². The third-order valence-corrected chi connectivity index (χ3v) is 1.43. The van der Waals surface area contributed by atoms with Gasteiger partial charge in [0.1, 0.15) is 5.72 Å². The van der Waals surface area contributed by atoms with Gasteiger partial charge >= 0.3 is 0 Å². The van der Waals surface area contributed by atoms with Crippen LogP contribution in [0.25, 0.3) is 0 Å². The molecule has 0 amide bonds. The molecule has 0 aliphatic carbocycles. The first-order chi connectivity index (χ1) is 3.68. The van der Waals surface area contributed by atoms with Crippen LogP contribution in [0.2, 0.25) is 0 Å². The zero-order valence-corrected chi connectivity index (χ0v) is 5.48.